The minimum atomic E-state index is -0.0414. The topological polar surface area (TPSA) is 37.2 Å². The van der Waals surface area contributed by atoms with Crippen LogP contribution < -0.4 is 9.80 Å². The predicted molar refractivity (Wildman–Crippen MR) is 113 cm³/mol. The van der Waals surface area contributed by atoms with Gasteiger partial charge in [0.2, 0.25) is 5.95 Å². The lowest BCUT2D eigenvalue weighted by atomic mass is 10.1. The zero-order chi connectivity index (χ0) is 18.6. The van der Waals surface area contributed by atoms with E-state index in [1.807, 2.05) is 0 Å². The average Bonchev–Trinajstić information content (AvgIpc) is 3.38. The van der Waals surface area contributed by atoms with Crippen molar-refractivity contribution >= 4 is 33.7 Å². The van der Waals surface area contributed by atoms with Crippen LogP contribution in [0.5, 0.6) is 0 Å². The van der Waals surface area contributed by atoms with E-state index in [1.54, 1.807) is 0 Å². The van der Waals surface area contributed by atoms with Gasteiger partial charge in [0, 0.05) is 37.1 Å². The Hall–Kier alpha value is -2.30. The Labute approximate surface area is 161 Å². The van der Waals surface area contributed by atoms with Crippen molar-refractivity contribution < 1.29 is 0 Å². The number of benzene rings is 1. The van der Waals surface area contributed by atoms with Crippen LogP contribution in [0.3, 0.4) is 0 Å². The first-order valence-corrected chi connectivity index (χ1v) is 10.4. The number of hydrogen-bond acceptors (Lipinski definition) is 4. The number of nitrogens with zero attached hydrogens (tertiary/aromatic N) is 5. The first-order chi connectivity index (χ1) is 13.0. The molecule has 5 nitrogen and oxygen atoms in total. The molecule has 4 heterocycles. The van der Waals surface area contributed by atoms with Crippen LogP contribution in [0.4, 0.5) is 11.8 Å². The first-order valence-electron chi connectivity index (χ1n) is 10.4. The summed E-state index contributed by atoms with van der Waals surface area (Å²) in [5.74, 6) is 2.05. The van der Waals surface area contributed by atoms with Crippen molar-refractivity contribution in [1.82, 2.24) is 14.5 Å². The zero-order valence-electron chi connectivity index (χ0n) is 16.7. The highest BCUT2D eigenvalue weighted by atomic mass is 15.3. The van der Waals surface area contributed by atoms with Crippen molar-refractivity contribution in [2.24, 2.45) is 0 Å². The Kier molecular flexibility index (Phi) is 3.81. The summed E-state index contributed by atoms with van der Waals surface area (Å²) in [6.45, 7) is 11.1. The van der Waals surface area contributed by atoms with Gasteiger partial charge in [0.15, 0.2) is 0 Å². The van der Waals surface area contributed by atoms with E-state index in [0.29, 0.717) is 0 Å². The van der Waals surface area contributed by atoms with Gasteiger partial charge in [-0.15, -0.1) is 0 Å². The van der Waals surface area contributed by atoms with Crippen LogP contribution in [-0.2, 0) is 5.54 Å². The molecule has 2 saturated heterocycles. The van der Waals surface area contributed by atoms with E-state index in [9.17, 15) is 0 Å². The molecule has 0 bridgehead atoms. The molecule has 2 fully saturated rings. The van der Waals surface area contributed by atoms with Gasteiger partial charge in [0.25, 0.3) is 0 Å². The van der Waals surface area contributed by atoms with E-state index in [1.165, 1.54) is 42.0 Å². The van der Waals surface area contributed by atoms with Crippen LogP contribution in [0.25, 0.3) is 21.9 Å². The Balaban J connectivity index is 1.87. The maximum atomic E-state index is 5.14. The highest BCUT2D eigenvalue weighted by Crippen LogP contribution is 2.39. The zero-order valence-corrected chi connectivity index (χ0v) is 16.7. The molecule has 0 radical (unpaired) electrons. The van der Waals surface area contributed by atoms with E-state index in [4.69, 9.17) is 9.97 Å². The van der Waals surface area contributed by atoms with Crippen LogP contribution in [0.15, 0.2) is 24.3 Å². The second-order valence-corrected chi connectivity index (χ2v) is 8.96. The molecule has 2 aliphatic rings. The van der Waals surface area contributed by atoms with Crippen LogP contribution in [0, 0.1) is 0 Å². The molecule has 0 unspecified atom stereocenters. The van der Waals surface area contributed by atoms with Gasteiger partial charge in [-0.1, -0.05) is 18.2 Å². The maximum absolute atomic E-state index is 5.14. The summed E-state index contributed by atoms with van der Waals surface area (Å²) in [5.41, 5.74) is 2.30. The standard InChI is InChI=1S/C22H29N5/c1-22(2,3)27-17-11-5-4-10-16(17)18-19(25-12-6-7-13-25)23-21(24-20(18)27)26-14-8-9-15-26/h4-5,10-11H,6-9,12-15H2,1-3H3. The Morgan fingerprint density at radius 3 is 2.11 bits per heavy atom. The Bertz CT molecular complexity index is 985. The number of para-hydroxylation sites is 1. The molecule has 0 atom stereocenters. The summed E-state index contributed by atoms with van der Waals surface area (Å²) in [6, 6.07) is 8.73. The minimum absolute atomic E-state index is 0.0414. The fourth-order valence-corrected chi connectivity index (χ4v) is 4.72. The molecule has 2 aliphatic heterocycles. The third-order valence-electron chi connectivity index (χ3n) is 5.95. The van der Waals surface area contributed by atoms with Gasteiger partial charge in [-0.2, -0.15) is 9.97 Å². The molecule has 0 aliphatic carbocycles. The molecule has 5 heteroatoms. The number of anilines is 2. The van der Waals surface area contributed by atoms with Crippen LogP contribution in [-0.4, -0.2) is 40.7 Å². The Morgan fingerprint density at radius 2 is 1.44 bits per heavy atom. The molecule has 0 amide bonds. The smallest absolute Gasteiger partial charge is 0.229 e. The molecule has 0 spiro atoms. The summed E-state index contributed by atoms with van der Waals surface area (Å²) in [4.78, 5) is 15.1. The monoisotopic (exact) mass is 363 g/mol. The van der Waals surface area contributed by atoms with E-state index in [0.717, 1.165) is 43.6 Å². The first kappa shape index (κ1) is 16.8. The van der Waals surface area contributed by atoms with Gasteiger partial charge < -0.3 is 14.4 Å². The van der Waals surface area contributed by atoms with E-state index in [2.05, 4.69) is 59.4 Å². The number of fused-ring (bicyclic) bond motifs is 3. The van der Waals surface area contributed by atoms with E-state index in [-0.39, 0.29) is 5.54 Å². The minimum Gasteiger partial charge on any atom is -0.356 e. The average molecular weight is 364 g/mol. The molecule has 27 heavy (non-hydrogen) atoms. The predicted octanol–water partition coefficient (Wildman–Crippen LogP) is 4.54. The third kappa shape index (κ3) is 2.67. The fraction of sp³-hybridized carbons (Fsp3) is 0.545. The highest BCUT2D eigenvalue weighted by molar-refractivity contribution is 6.12. The lowest BCUT2D eigenvalue weighted by Gasteiger charge is -2.25. The normalized spacial score (nSPS) is 18.3. The molecule has 142 valence electrons. The molecule has 5 rings (SSSR count). The second kappa shape index (κ2) is 6.11. The van der Waals surface area contributed by atoms with Crippen molar-refractivity contribution in [3.05, 3.63) is 24.3 Å². The summed E-state index contributed by atoms with van der Waals surface area (Å²) < 4.78 is 2.42. The quantitative estimate of drug-likeness (QED) is 0.670. The maximum Gasteiger partial charge on any atom is 0.229 e. The van der Waals surface area contributed by atoms with Crippen molar-refractivity contribution in [1.29, 1.82) is 0 Å². The third-order valence-corrected chi connectivity index (χ3v) is 5.95. The van der Waals surface area contributed by atoms with Crippen LogP contribution in [0.1, 0.15) is 46.5 Å². The largest absolute Gasteiger partial charge is 0.356 e. The highest BCUT2D eigenvalue weighted by Gasteiger charge is 2.28. The molecule has 0 N–H and O–H groups in total. The summed E-state index contributed by atoms with van der Waals surface area (Å²) in [6.07, 6.45) is 4.98. The lowest BCUT2D eigenvalue weighted by Crippen LogP contribution is -2.26. The molecular formula is C22H29N5. The van der Waals surface area contributed by atoms with Crippen LogP contribution >= 0.6 is 0 Å². The Morgan fingerprint density at radius 1 is 0.815 bits per heavy atom. The van der Waals surface area contributed by atoms with Gasteiger partial charge in [0.05, 0.1) is 10.9 Å². The molecule has 1 aromatic carbocycles. The van der Waals surface area contributed by atoms with Crippen molar-refractivity contribution in [2.75, 3.05) is 36.0 Å². The van der Waals surface area contributed by atoms with Crippen molar-refractivity contribution in [3.63, 3.8) is 0 Å². The van der Waals surface area contributed by atoms with E-state index < -0.39 is 0 Å². The van der Waals surface area contributed by atoms with Crippen molar-refractivity contribution in [2.45, 2.75) is 52.0 Å². The van der Waals surface area contributed by atoms with Gasteiger partial charge in [-0.25, -0.2) is 0 Å². The summed E-state index contributed by atoms with van der Waals surface area (Å²) in [5, 5.41) is 2.50. The summed E-state index contributed by atoms with van der Waals surface area (Å²) in [7, 11) is 0. The molecule has 0 saturated carbocycles. The fourth-order valence-electron chi connectivity index (χ4n) is 4.72. The lowest BCUT2D eigenvalue weighted by molar-refractivity contribution is 0.421. The number of rotatable bonds is 2. The van der Waals surface area contributed by atoms with Gasteiger partial charge >= 0.3 is 0 Å². The molecule has 3 aromatic rings. The van der Waals surface area contributed by atoms with Crippen molar-refractivity contribution in [3.8, 4) is 0 Å². The second-order valence-electron chi connectivity index (χ2n) is 8.96. The summed E-state index contributed by atoms with van der Waals surface area (Å²) >= 11 is 0. The van der Waals surface area contributed by atoms with E-state index >= 15 is 0 Å². The number of hydrogen-bond donors (Lipinski definition) is 0. The van der Waals surface area contributed by atoms with Gasteiger partial charge in [-0.3, -0.25) is 0 Å². The number of aromatic nitrogens is 3. The molecule has 2 aromatic heterocycles. The van der Waals surface area contributed by atoms with Gasteiger partial charge in [0.1, 0.15) is 11.5 Å². The van der Waals surface area contributed by atoms with Crippen LogP contribution in [0.2, 0.25) is 0 Å². The molecular weight excluding hydrogens is 334 g/mol. The SMILES string of the molecule is CC(C)(C)n1c2ccccc2c2c(N3CCCC3)nc(N3CCCC3)nc21. The van der Waals surface area contributed by atoms with Gasteiger partial charge in [-0.05, 0) is 52.5 Å².